The number of benzene rings is 3. The topological polar surface area (TPSA) is 48.5 Å². The Morgan fingerprint density at radius 1 is 0.647 bits per heavy atom. The maximum absolute atomic E-state index is 4.84. The summed E-state index contributed by atoms with van der Waals surface area (Å²) in [6.45, 7) is 0. The number of pyridine rings is 1. The van der Waals surface area contributed by atoms with Crippen LogP contribution < -0.4 is 0 Å². The molecule has 0 atom stereocenters. The van der Waals surface area contributed by atoms with Gasteiger partial charge in [-0.25, -0.2) is 9.97 Å². The lowest BCUT2D eigenvalue weighted by molar-refractivity contribution is 1.02. The fourth-order valence-corrected chi connectivity index (χ4v) is 4.77. The minimum absolute atomic E-state index is 0.661. The number of fused-ring (bicyclic) bond motifs is 4. The van der Waals surface area contributed by atoms with Gasteiger partial charge in [0.05, 0.1) is 16.6 Å². The molecule has 5 nitrogen and oxygen atoms in total. The first-order valence-electron chi connectivity index (χ1n) is 11.2. The van der Waals surface area contributed by atoms with Crippen LogP contribution in [0.4, 0.5) is 0 Å². The summed E-state index contributed by atoms with van der Waals surface area (Å²) in [5.41, 5.74) is 5.55. The molecule has 0 fully saturated rings. The first-order valence-corrected chi connectivity index (χ1v) is 11.2. The molecule has 0 aliphatic carbocycles. The molecule has 3 aromatic carbocycles. The van der Waals surface area contributed by atoms with Gasteiger partial charge < -0.3 is 9.13 Å². The highest BCUT2D eigenvalue weighted by Gasteiger charge is 2.15. The van der Waals surface area contributed by atoms with Crippen molar-refractivity contribution in [2.45, 2.75) is 0 Å². The third-order valence-electron chi connectivity index (χ3n) is 6.31. The standard InChI is InChI=1S/C29H19N5/c1-2-8-22(9-3-1)34-25-11-5-4-10-23(25)24-18-26-20(17-27(24)34)13-16-33(26)28-12-15-31-29(32-28)21-7-6-14-30-19-21/h1-19H. The van der Waals surface area contributed by atoms with E-state index in [4.69, 9.17) is 4.98 Å². The van der Waals surface area contributed by atoms with Crippen molar-refractivity contribution in [3.63, 3.8) is 0 Å². The van der Waals surface area contributed by atoms with Gasteiger partial charge in [0.1, 0.15) is 5.82 Å². The molecular formula is C29H19N5. The fourth-order valence-electron chi connectivity index (χ4n) is 4.77. The van der Waals surface area contributed by atoms with Crippen LogP contribution in [-0.2, 0) is 0 Å². The molecule has 0 N–H and O–H groups in total. The molecule has 0 bridgehead atoms. The normalized spacial score (nSPS) is 11.5. The molecule has 0 amide bonds. The summed E-state index contributed by atoms with van der Waals surface area (Å²) in [7, 11) is 0. The Labute approximate surface area is 195 Å². The predicted octanol–water partition coefficient (Wildman–Crippen LogP) is 6.58. The molecule has 0 saturated heterocycles. The summed E-state index contributed by atoms with van der Waals surface area (Å²) in [5.74, 6) is 1.49. The van der Waals surface area contributed by atoms with Crippen molar-refractivity contribution in [2.75, 3.05) is 0 Å². The maximum atomic E-state index is 4.84. The Bertz CT molecular complexity index is 1800. The van der Waals surface area contributed by atoms with Crippen LogP contribution in [0.2, 0.25) is 0 Å². The summed E-state index contributed by atoms with van der Waals surface area (Å²) in [5, 5.41) is 3.61. The van der Waals surface area contributed by atoms with Crippen molar-refractivity contribution in [3.05, 3.63) is 116 Å². The van der Waals surface area contributed by atoms with Crippen LogP contribution >= 0.6 is 0 Å². The van der Waals surface area contributed by atoms with Gasteiger partial charge in [-0.1, -0.05) is 36.4 Å². The Balaban J connectivity index is 1.48. The molecule has 0 unspecified atom stereocenters. The van der Waals surface area contributed by atoms with E-state index in [2.05, 4.69) is 98.1 Å². The summed E-state index contributed by atoms with van der Waals surface area (Å²) >= 11 is 0. The Morgan fingerprint density at radius 2 is 1.53 bits per heavy atom. The zero-order valence-electron chi connectivity index (χ0n) is 18.2. The maximum Gasteiger partial charge on any atom is 0.163 e. The molecule has 34 heavy (non-hydrogen) atoms. The van der Waals surface area contributed by atoms with E-state index >= 15 is 0 Å². The van der Waals surface area contributed by atoms with Gasteiger partial charge in [0, 0.05) is 52.2 Å². The van der Waals surface area contributed by atoms with Gasteiger partial charge in [-0.2, -0.15) is 0 Å². The van der Waals surface area contributed by atoms with E-state index in [9.17, 15) is 0 Å². The van der Waals surface area contributed by atoms with E-state index < -0.39 is 0 Å². The van der Waals surface area contributed by atoms with E-state index in [0.29, 0.717) is 5.82 Å². The summed E-state index contributed by atoms with van der Waals surface area (Å²) < 4.78 is 4.47. The van der Waals surface area contributed by atoms with Crippen LogP contribution in [0.1, 0.15) is 0 Å². The molecular weight excluding hydrogens is 418 g/mol. The third kappa shape index (κ3) is 2.84. The minimum atomic E-state index is 0.661. The highest BCUT2D eigenvalue weighted by molar-refractivity contribution is 6.13. The molecule has 0 aliphatic heterocycles. The first kappa shape index (κ1) is 18.8. The van der Waals surface area contributed by atoms with E-state index in [-0.39, 0.29) is 0 Å². The molecule has 7 aromatic rings. The lowest BCUT2D eigenvalue weighted by Crippen LogP contribution is -1.99. The molecule has 7 rings (SSSR count). The highest BCUT2D eigenvalue weighted by atomic mass is 15.1. The average Bonchev–Trinajstić information content (AvgIpc) is 3.47. The SMILES string of the molecule is c1ccc(-n2c3ccccc3c3cc4c(ccn4-c4ccnc(-c5cccnc5)n4)cc32)cc1. The van der Waals surface area contributed by atoms with Crippen molar-refractivity contribution >= 4 is 32.7 Å². The predicted molar refractivity (Wildman–Crippen MR) is 136 cm³/mol. The quantitative estimate of drug-likeness (QED) is 0.314. The highest BCUT2D eigenvalue weighted by Crippen LogP contribution is 2.35. The van der Waals surface area contributed by atoms with Crippen LogP contribution in [0.15, 0.2) is 116 Å². The van der Waals surface area contributed by atoms with Gasteiger partial charge in [-0.3, -0.25) is 4.98 Å². The Kier molecular flexibility index (Phi) is 4.08. The van der Waals surface area contributed by atoms with E-state index in [1.54, 1.807) is 18.6 Å². The lowest BCUT2D eigenvalue weighted by atomic mass is 10.1. The number of nitrogens with zero attached hydrogens (tertiary/aromatic N) is 5. The fraction of sp³-hybridized carbons (Fsp3) is 0. The van der Waals surface area contributed by atoms with Crippen LogP contribution in [-0.4, -0.2) is 24.1 Å². The molecule has 0 aliphatic rings. The molecule has 5 heteroatoms. The summed E-state index contributed by atoms with van der Waals surface area (Å²) in [4.78, 5) is 13.5. The van der Waals surface area contributed by atoms with Crippen LogP contribution in [0.25, 0.3) is 55.6 Å². The van der Waals surface area contributed by atoms with Gasteiger partial charge in [0.15, 0.2) is 5.82 Å². The van der Waals surface area contributed by atoms with E-state index in [1.165, 1.54) is 21.8 Å². The van der Waals surface area contributed by atoms with Crippen LogP contribution in [0.5, 0.6) is 0 Å². The number of rotatable bonds is 3. The molecule has 0 saturated carbocycles. The zero-order valence-corrected chi connectivity index (χ0v) is 18.2. The second-order valence-electron chi connectivity index (χ2n) is 8.28. The van der Waals surface area contributed by atoms with Gasteiger partial charge >= 0.3 is 0 Å². The monoisotopic (exact) mass is 437 g/mol. The van der Waals surface area contributed by atoms with Crippen molar-refractivity contribution in [3.8, 4) is 22.9 Å². The molecule has 0 spiro atoms. The van der Waals surface area contributed by atoms with Crippen LogP contribution in [0, 0.1) is 0 Å². The summed E-state index contributed by atoms with van der Waals surface area (Å²) in [6.07, 6.45) is 7.42. The zero-order chi connectivity index (χ0) is 22.5. The Hall–Kier alpha value is -4.77. The van der Waals surface area contributed by atoms with Crippen molar-refractivity contribution in [2.24, 2.45) is 0 Å². The Morgan fingerprint density at radius 3 is 2.41 bits per heavy atom. The van der Waals surface area contributed by atoms with Crippen molar-refractivity contribution in [1.29, 1.82) is 0 Å². The first-order chi connectivity index (χ1) is 16.9. The van der Waals surface area contributed by atoms with Crippen LogP contribution in [0.3, 0.4) is 0 Å². The number of para-hydroxylation sites is 2. The number of aromatic nitrogens is 5. The number of hydrogen-bond acceptors (Lipinski definition) is 3. The van der Waals surface area contributed by atoms with E-state index in [1.807, 2.05) is 18.2 Å². The molecule has 160 valence electrons. The third-order valence-corrected chi connectivity index (χ3v) is 6.31. The van der Waals surface area contributed by atoms with Gasteiger partial charge in [-0.15, -0.1) is 0 Å². The summed E-state index contributed by atoms with van der Waals surface area (Å²) in [6, 6.07) is 31.6. The smallest absolute Gasteiger partial charge is 0.163 e. The lowest BCUT2D eigenvalue weighted by Gasteiger charge is -2.09. The van der Waals surface area contributed by atoms with Crippen molar-refractivity contribution in [1.82, 2.24) is 24.1 Å². The molecule has 0 radical (unpaired) electrons. The molecule has 4 aromatic heterocycles. The van der Waals surface area contributed by atoms with Gasteiger partial charge in [0.2, 0.25) is 0 Å². The van der Waals surface area contributed by atoms with Gasteiger partial charge in [-0.05, 0) is 54.6 Å². The number of hydrogen-bond donors (Lipinski definition) is 0. The average molecular weight is 438 g/mol. The minimum Gasteiger partial charge on any atom is -0.309 e. The van der Waals surface area contributed by atoms with Gasteiger partial charge in [0.25, 0.3) is 0 Å². The second kappa shape index (κ2) is 7.39. The van der Waals surface area contributed by atoms with Crippen molar-refractivity contribution < 1.29 is 0 Å². The second-order valence-corrected chi connectivity index (χ2v) is 8.28. The van der Waals surface area contributed by atoms with E-state index in [0.717, 1.165) is 28.0 Å². The largest absolute Gasteiger partial charge is 0.309 e. The molecule has 4 heterocycles.